The van der Waals surface area contributed by atoms with Gasteiger partial charge in [-0.1, -0.05) is 11.6 Å². The van der Waals surface area contributed by atoms with Crippen LogP contribution in [-0.2, 0) is 11.3 Å². The molecule has 1 amide bonds. The van der Waals surface area contributed by atoms with E-state index in [1.54, 1.807) is 12.1 Å². The zero-order valence-electron chi connectivity index (χ0n) is 11.6. The third-order valence-electron chi connectivity index (χ3n) is 2.68. The molecule has 8 heteroatoms. The van der Waals surface area contributed by atoms with Crippen molar-refractivity contribution < 1.29 is 24.5 Å². The molecule has 0 unspecified atom stereocenters. The highest BCUT2D eigenvalue weighted by molar-refractivity contribution is 6.32. The molecule has 0 aliphatic rings. The van der Waals surface area contributed by atoms with Crippen molar-refractivity contribution >= 4 is 17.5 Å². The first-order valence-electron chi connectivity index (χ1n) is 6.24. The number of carbonyl (C=O) groups excluding carboxylic acids is 1. The Bertz CT molecular complexity index is 480. The number of halogens is 1. The third-order valence-corrected chi connectivity index (χ3v) is 2.96. The van der Waals surface area contributed by atoms with E-state index in [4.69, 9.17) is 37.0 Å². The zero-order valence-corrected chi connectivity index (χ0v) is 12.4. The van der Waals surface area contributed by atoms with E-state index >= 15 is 0 Å². The van der Waals surface area contributed by atoms with Gasteiger partial charge in [0.1, 0.15) is 0 Å². The minimum Gasteiger partial charge on any atom is -0.493 e. The number of nitrogens with two attached hydrogens (primary N) is 1. The molecule has 0 saturated carbocycles. The van der Waals surface area contributed by atoms with Gasteiger partial charge < -0.3 is 30.7 Å². The fourth-order valence-electron chi connectivity index (χ4n) is 1.61. The second kappa shape index (κ2) is 8.68. The average Bonchev–Trinajstić information content (AvgIpc) is 2.46. The molecule has 7 nitrogen and oxygen atoms in total. The molecule has 0 bridgehead atoms. The van der Waals surface area contributed by atoms with Gasteiger partial charge in [0.25, 0.3) is 5.91 Å². The van der Waals surface area contributed by atoms with E-state index in [1.807, 2.05) is 0 Å². The molecule has 0 aliphatic heterocycles. The summed E-state index contributed by atoms with van der Waals surface area (Å²) in [4.78, 5) is 10.8. The van der Waals surface area contributed by atoms with E-state index in [2.05, 4.69) is 5.32 Å². The second-order valence-electron chi connectivity index (χ2n) is 4.31. The van der Waals surface area contributed by atoms with Crippen molar-refractivity contribution in [2.24, 2.45) is 5.73 Å². The number of aliphatic hydroxyl groups is 2. The second-order valence-corrected chi connectivity index (χ2v) is 4.71. The molecule has 21 heavy (non-hydrogen) atoms. The molecule has 0 aromatic heterocycles. The fraction of sp³-hybridized carbons (Fsp3) is 0.462. The first kappa shape index (κ1) is 17.5. The summed E-state index contributed by atoms with van der Waals surface area (Å²) in [6.45, 7) is -0.287. The molecule has 0 atom stereocenters. The topological polar surface area (TPSA) is 114 Å². The van der Waals surface area contributed by atoms with Crippen LogP contribution in [-0.4, -0.2) is 49.1 Å². The van der Waals surface area contributed by atoms with Crippen LogP contribution in [0, 0.1) is 0 Å². The van der Waals surface area contributed by atoms with Crippen molar-refractivity contribution in [2.45, 2.75) is 12.6 Å². The molecule has 0 aliphatic carbocycles. The molecule has 1 rings (SSSR count). The van der Waals surface area contributed by atoms with Gasteiger partial charge in [-0.3, -0.25) is 4.79 Å². The van der Waals surface area contributed by atoms with Crippen LogP contribution in [0.2, 0.25) is 5.02 Å². The van der Waals surface area contributed by atoms with Gasteiger partial charge in [0, 0.05) is 6.54 Å². The van der Waals surface area contributed by atoms with Crippen LogP contribution in [0.25, 0.3) is 0 Å². The number of hydrogen-bond acceptors (Lipinski definition) is 6. The number of primary amides is 1. The lowest BCUT2D eigenvalue weighted by atomic mass is 10.2. The molecule has 118 valence electrons. The monoisotopic (exact) mass is 318 g/mol. The van der Waals surface area contributed by atoms with Crippen LogP contribution >= 0.6 is 11.6 Å². The lowest BCUT2D eigenvalue weighted by Crippen LogP contribution is -2.35. The first-order valence-corrected chi connectivity index (χ1v) is 6.62. The van der Waals surface area contributed by atoms with Crippen LogP contribution in [0.4, 0.5) is 0 Å². The summed E-state index contributed by atoms with van der Waals surface area (Å²) in [6, 6.07) is 2.90. The summed E-state index contributed by atoms with van der Waals surface area (Å²) in [5.41, 5.74) is 5.79. The summed E-state index contributed by atoms with van der Waals surface area (Å²) in [6.07, 6.45) is 0. The van der Waals surface area contributed by atoms with Crippen molar-refractivity contribution in [3.05, 3.63) is 22.7 Å². The van der Waals surface area contributed by atoms with Gasteiger partial charge in [-0.2, -0.15) is 0 Å². The van der Waals surface area contributed by atoms with Gasteiger partial charge in [0.2, 0.25) is 0 Å². The van der Waals surface area contributed by atoms with Crippen LogP contribution in [0.1, 0.15) is 5.56 Å². The van der Waals surface area contributed by atoms with E-state index in [1.165, 1.54) is 7.11 Å². The van der Waals surface area contributed by atoms with Gasteiger partial charge in [-0.25, -0.2) is 0 Å². The number of methoxy groups -OCH3 is 1. The van der Waals surface area contributed by atoms with Gasteiger partial charge in [-0.15, -0.1) is 0 Å². The van der Waals surface area contributed by atoms with E-state index in [0.29, 0.717) is 12.3 Å². The van der Waals surface area contributed by atoms with Crippen molar-refractivity contribution in [2.75, 3.05) is 26.9 Å². The van der Waals surface area contributed by atoms with E-state index < -0.39 is 11.9 Å². The normalized spacial score (nSPS) is 10.7. The highest BCUT2D eigenvalue weighted by Gasteiger charge is 2.14. The lowest BCUT2D eigenvalue weighted by Gasteiger charge is -2.16. The Morgan fingerprint density at radius 1 is 1.43 bits per heavy atom. The average molecular weight is 319 g/mol. The number of amides is 1. The summed E-state index contributed by atoms with van der Waals surface area (Å²) in [5.74, 6) is -0.0136. The molecule has 1 aromatic carbocycles. The standard InChI is InChI=1S/C13H19ClN2O5/c1-20-11-3-8(4-16-9(5-17)6-18)2-10(14)13(11)21-7-12(15)19/h2-3,9,16-18H,4-7H2,1H3,(H2,15,19). The predicted molar refractivity (Wildman–Crippen MR) is 77.5 cm³/mol. The van der Waals surface area contributed by atoms with Gasteiger partial charge in [0.05, 0.1) is 31.4 Å². The van der Waals surface area contributed by atoms with Gasteiger partial charge in [0.15, 0.2) is 18.1 Å². The summed E-state index contributed by atoms with van der Waals surface area (Å²) < 4.78 is 10.4. The van der Waals surface area contributed by atoms with Crippen LogP contribution in [0.3, 0.4) is 0 Å². The number of benzene rings is 1. The summed E-state index contributed by atoms with van der Waals surface area (Å²) >= 11 is 6.10. The SMILES string of the molecule is COc1cc(CNC(CO)CO)cc(Cl)c1OCC(N)=O. The Kier molecular flexibility index (Phi) is 7.24. The number of carbonyl (C=O) groups is 1. The maximum absolute atomic E-state index is 10.8. The summed E-state index contributed by atoms with van der Waals surface area (Å²) in [5, 5.41) is 21.2. The number of rotatable bonds is 9. The van der Waals surface area contributed by atoms with Gasteiger partial charge >= 0.3 is 0 Å². The molecule has 0 fully saturated rings. The highest BCUT2D eigenvalue weighted by atomic mass is 35.5. The zero-order chi connectivity index (χ0) is 15.8. The molecular weight excluding hydrogens is 300 g/mol. The maximum Gasteiger partial charge on any atom is 0.255 e. The first-order chi connectivity index (χ1) is 10.0. The molecule has 0 saturated heterocycles. The number of hydrogen-bond donors (Lipinski definition) is 4. The molecule has 1 aromatic rings. The van der Waals surface area contributed by atoms with E-state index in [-0.39, 0.29) is 30.6 Å². The quantitative estimate of drug-likeness (QED) is 0.495. The van der Waals surface area contributed by atoms with Crippen LogP contribution < -0.4 is 20.5 Å². The Morgan fingerprint density at radius 2 is 2.10 bits per heavy atom. The molecule has 5 N–H and O–H groups in total. The lowest BCUT2D eigenvalue weighted by molar-refractivity contribution is -0.119. The Balaban J connectivity index is 2.84. The Morgan fingerprint density at radius 3 is 2.62 bits per heavy atom. The van der Waals surface area contributed by atoms with Crippen molar-refractivity contribution in [3.8, 4) is 11.5 Å². The van der Waals surface area contributed by atoms with E-state index in [9.17, 15) is 4.79 Å². The Labute approximate surface area is 127 Å². The molecule has 0 spiro atoms. The van der Waals surface area contributed by atoms with Crippen molar-refractivity contribution in [3.63, 3.8) is 0 Å². The largest absolute Gasteiger partial charge is 0.493 e. The smallest absolute Gasteiger partial charge is 0.255 e. The maximum atomic E-state index is 10.8. The molecule has 0 radical (unpaired) electrons. The predicted octanol–water partition coefficient (Wildman–Crippen LogP) is -0.345. The number of ether oxygens (including phenoxy) is 2. The third kappa shape index (κ3) is 5.39. The minimum atomic E-state index is -0.618. The fourth-order valence-corrected chi connectivity index (χ4v) is 1.90. The van der Waals surface area contributed by atoms with Crippen LogP contribution in [0.5, 0.6) is 11.5 Å². The molecule has 0 heterocycles. The Hall–Kier alpha value is -1.54. The van der Waals surface area contributed by atoms with Crippen molar-refractivity contribution in [1.82, 2.24) is 5.32 Å². The number of aliphatic hydroxyl groups excluding tert-OH is 2. The van der Waals surface area contributed by atoms with Gasteiger partial charge in [-0.05, 0) is 17.7 Å². The highest BCUT2D eigenvalue weighted by Crippen LogP contribution is 2.36. The van der Waals surface area contributed by atoms with E-state index in [0.717, 1.165) is 5.56 Å². The molecular formula is C13H19ClN2O5. The summed E-state index contributed by atoms with van der Waals surface area (Å²) in [7, 11) is 1.45. The van der Waals surface area contributed by atoms with Crippen molar-refractivity contribution in [1.29, 1.82) is 0 Å². The van der Waals surface area contributed by atoms with Crippen LogP contribution in [0.15, 0.2) is 12.1 Å². The minimum absolute atomic E-state index is 0.179. The number of nitrogens with one attached hydrogen (secondary N) is 1.